The van der Waals surface area contributed by atoms with Crippen molar-refractivity contribution >= 4 is 34.4 Å². The highest BCUT2D eigenvalue weighted by Crippen LogP contribution is 2.38. The van der Waals surface area contributed by atoms with Gasteiger partial charge in [-0.1, -0.05) is 29.8 Å². The molecule has 1 aliphatic heterocycles. The van der Waals surface area contributed by atoms with E-state index in [9.17, 15) is 9.59 Å². The third kappa shape index (κ3) is 3.86. The molecular weight excluding hydrogens is 396 g/mol. The number of halogens is 1. The number of ether oxygens (including phenoxy) is 3. The normalized spacial score (nSPS) is 13.7. The lowest BCUT2D eigenvalue weighted by Crippen LogP contribution is -2.43. The lowest BCUT2D eigenvalue weighted by molar-refractivity contribution is -0.142. The van der Waals surface area contributed by atoms with Gasteiger partial charge in [-0.15, -0.1) is 0 Å². The fraction of sp³-hybridized carbons (Fsp3) is 0.238. The first-order valence-electron chi connectivity index (χ1n) is 9.09. The predicted molar refractivity (Wildman–Crippen MR) is 108 cm³/mol. The van der Waals surface area contributed by atoms with Crippen LogP contribution >= 0.6 is 11.6 Å². The minimum atomic E-state index is -0.862. The van der Waals surface area contributed by atoms with Crippen molar-refractivity contribution in [3.8, 4) is 11.5 Å². The maximum absolute atomic E-state index is 12.8. The van der Waals surface area contributed by atoms with Crippen molar-refractivity contribution < 1.29 is 23.8 Å². The second kappa shape index (κ2) is 8.05. The summed E-state index contributed by atoms with van der Waals surface area (Å²) < 4.78 is 15.9. The third-order valence-electron chi connectivity index (χ3n) is 4.75. The van der Waals surface area contributed by atoms with Gasteiger partial charge in [0.05, 0.1) is 12.1 Å². The first kappa shape index (κ1) is 19.1. The summed E-state index contributed by atoms with van der Waals surface area (Å²) in [6.07, 6.45) is 2.11. The molecule has 1 amide bonds. The SMILES string of the molecule is COC(=O)C(Cc1c[nH]c2ccccc12)NC(=O)c1cc(Cl)c2c(c1)OCCO2. The molecule has 2 N–H and O–H groups in total. The zero-order chi connectivity index (χ0) is 20.4. The molecule has 1 aromatic heterocycles. The van der Waals surface area contributed by atoms with Crippen molar-refractivity contribution in [2.75, 3.05) is 20.3 Å². The van der Waals surface area contributed by atoms with Crippen molar-refractivity contribution in [1.29, 1.82) is 0 Å². The van der Waals surface area contributed by atoms with Gasteiger partial charge >= 0.3 is 5.97 Å². The van der Waals surface area contributed by atoms with Gasteiger partial charge < -0.3 is 24.5 Å². The number of aromatic amines is 1. The van der Waals surface area contributed by atoms with Crippen LogP contribution in [0.5, 0.6) is 11.5 Å². The number of carbonyl (C=O) groups excluding carboxylic acids is 2. The van der Waals surface area contributed by atoms with Crippen molar-refractivity contribution in [3.05, 3.63) is 58.7 Å². The maximum atomic E-state index is 12.8. The van der Waals surface area contributed by atoms with E-state index in [2.05, 4.69) is 10.3 Å². The van der Waals surface area contributed by atoms with E-state index >= 15 is 0 Å². The second-order valence-electron chi connectivity index (χ2n) is 6.60. The zero-order valence-corrected chi connectivity index (χ0v) is 16.4. The first-order chi connectivity index (χ1) is 14.1. The van der Waals surface area contributed by atoms with E-state index in [0.29, 0.717) is 24.7 Å². The number of amides is 1. The van der Waals surface area contributed by atoms with Crippen molar-refractivity contribution in [2.45, 2.75) is 12.5 Å². The summed E-state index contributed by atoms with van der Waals surface area (Å²) in [5.74, 6) is -0.177. The van der Waals surface area contributed by atoms with Crippen molar-refractivity contribution in [1.82, 2.24) is 10.3 Å². The average Bonchev–Trinajstić information content (AvgIpc) is 3.15. The van der Waals surface area contributed by atoms with Gasteiger partial charge in [0.1, 0.15) is 19.3 Å². The molecule has 3 aromatic rings. The monoisotopic (exact) mass is 414 g/mol. The van der Waals surface area contributed by atoms with Crippen LogP contribution in [0.4, 0.5) is 0 Å². The number of carbonyl (C=O) groups is 2. The van der Waals surface area contributed by atoms with E-state index in [-0.39, 0.29) is 17.0 Å². The van der Waals surface area contributed by atoms with Gasteiger partial charge in [0.2, 0.25) is 0 Å². The first-order valence-corrected chi connectivity index (χ1v) is 9.47. The van der Waals surface area contributed by atoms with Gasteiger partial charge in [-0.3, -0.25) is 4.79 Å². The molecular formula is C21H19ClN2O5. The van der Waals surface area contributed by atoms with Crippen LogP contribution in [0.2, 0.25) is 5.02 Å². The summed E-state index contributed by atoms with van der Waals surface area (Å²) in [6.45, 7) is 0.771. The van der Waals surface area contributed by atoms with Gasteiger partial charge in [0.25, 0.3) is 5.91 Å². The molecule has 0 saturated heterocycles. The molecule has 0 bridgehead atoms. The van der Waals surface area contributed by atoms with Gasteiger partial charge in [-0.05, 0) is 23.8 Å². The summed E-state index contributed by atoms with van der Waals surface area (Å²) in [7, 11) is 1.29. The van der Waals surface area contributed by atoms with Crippen LogP contribution in [-0.4, -0.2) is 43.2 Å². The smallest absolute Gasteiger partial charge is 0.328 e. The number of hydrogen-bond acceptors (Lipinski definition) is 5. The quantitative estimate of drug-likeness (QED) is 0.626. The highest BCUT2D eigenvalue weighted by Gasteiger charge is 2.26. The van der Waals surface area contributed by atoms with Crippen LogP contribution in [0, 0.1) is 0 Å². The maximum Gasteiger partial charge on any atom is 0.328 e. The Hall–Kier alpha value is -3.19. The average molecular weight is 415 g/mol. The molecule has 7 nitrogen and oxygen atoms in total. The number of para-hydroxylation sites is 1. The van der Waals surface area contributed by atoms with E-state index in [0.717, 1.165) is 16.5 Å². The fourth-order valence-electron chi connectivity index (χ4n) is 3.34. The third-order valence-corrected chi connectivity index (χ3v) is 5.03. The lowest BCUT2D eigenvalue weighted by Gasteiger charge is -2.21. The molecule has 8 heteroatoms. The summed E-state index contributed by atoms with van der Waals surface area (Å²) in [4.78, 5) is 28.3. The summed E-state index contributed by atoms with van der Waals surface area (Å²) in [6, 6.07) is 9.93. The molecule has 2 heterocycles. The number of fused-ring (bicyclic) bond motifs is 2. The number of H-pyrrole nitrogens is 1. The topological polar surface area (TPSA) is 89.7 Å². The number of nitrogens with one attached hydrogen (secondary N) is 2. The van der Waals surface area contributed by atoms with Crippen molar-refractivity contribution in [2.24, 2.45) is 0 Å². The molecule has 0 radical (unpaired) electrons. The highest BCUT2D eigenvalue weighted by atomic mass is 35.5. The second-order valence-corrected chi connectivity index (χ2v) is 7.00. The van der Waals surface area contributed by atoms with E-state index < -0.39 is 17.9 Å². The number of methoxy groups -OCH3 is 1. The molecule has 0 spiro atoms. The molecule has 2 aromatic carbocycles. The number of benzene rings is 2. The van der Waals surface area contributed by atoms with Gasteiger partial charge in [0.15, 0.2) is 11.5 Å². The molecule has 29 heavy (non-hydrogen) atoms. The standard InChI is InChI=1S/C21H19ClN2O5/c1-27-21(26)17(9-13-11-23-16-5-3-2-4-14(13)16)24-20(25)12-8-15(22)19-18(10-12)28-6-7-29-19/h2-5,8,10-11,17,23H,6-7,9H2,1H3,(H,24,25). The lowest BCUT2D eigenvalue weighted by atomic mass is 10.0. The van der Waals surface area contributed by atoms with Gasteiger partial charge in [0, 0.05) is 29.1 Å². The fourth-order valence-corrected chi connectivity index (χ4v) is 3.60. The van der Waals surface area contributed by atoms with Crippen molar-refractivity contribution in [3.63, 3.8) is 0 Å². The van der Waals surface area contributed by atoms with Crippen LogP contribution in [-0.2, 0) is 16.0 Å². The largest absolute Gasteiger partial charge is 0.486 e. The Morgan fingerprint density at radius 2 is 2.03 bits per heavy atom. The van der Waals surface area contributed by atoms with Crippen LogP contribution in [0.3, 0.4) is 0 Å². The molecule has 150 valence electrons. The van der Waals surface area contributed by atoms with E-state index in [1.54, 1.807) is 6.07 Å². The summed E-state index contributed by atoms with van der Waals surface area (Å²) in [5.41, 5.74) is 2.12. The van der Waals surface area contributed by atoms with Crippen LogP contribution < -0.4 is 14.8 Å². The minimum Gasteiger partial charge on any atom is -0.486 e. The predicted octanol–water partition coefficient (Wildman–Crippen LogP) is 3.11. The van der Waals surface area contributed by atoms with E-state index in [1.165, 1.54) is 13.2 Å². The number of hydrogen-bond donors (Lipinski definition) is 2. The molecule has 1 aliphatic rings. The Labute approximate surface area is 171 Å². The van der Waals surface area contributed by atoms with Crippen LogP contribution in [0.15, 0.2) is 42.6 Å². The Bertz CT molecular complexity index is 1080. The molecule has 0 fully saturated rings. The van der Waals surface area contributed by atoms with Crippen LogP contribution in [0.25, 0.3) is 10.9 Å². The number of esters is 1. The number of aromatic nitrogens is 1. The van der Waals surface area contributed by atoms with Gasteiger partial charge in [-0.25, -0.2) is 4.79 Å². The summed E-state index contributed by atoms with van der Waals surface area (Å²) in [5, 5.41) is 4.00. The van der Waals surface area contributed by atoms with Crippen LogP contribution in [0.1, 0.15) is 15.9 Å². The van der Waals surface area contributed by atoms with Gasteiger partial charge in [-0.2, -0.15) is 0 Å². The number of rotatable bonds is 5. The Morgan fingerprint density at radius 1 is 1.24 bits per heavy atom. The molecule has 0 saturated carbocycles. The molecule has 1 unspecified atom stereocenters. The molecule has 1 atom stereocenters. The summed E-state index contributed by atoms with van der Waals surface area (Å²) >= 11 is 6.22. The highest BCUT2D eigenvalue weighted by molar-refractivity contribution is 6.32. The van der Waals surface area contributed by atoms with E-state index in [1.807, 2.05) is 30.5 Å². The molecule has 0 aliphatic carbocycles. The Morgan fingerprint density at radius 3 is 2.86 bits per heavy atom. The zero-order valence-electron chi connectivity index (χ0n) is 15.7. The van der Waals surface area contributed by atoms with E-state index in [4.69, 9.17) is 25.8 Å². The minimum absolute atomic E-state index is 0.270. The Balaban J connectivity index is 1.58. The Kier molecular flexibility index (Phi) is 5.31. The molecule has 4 rings (SSSR count).